The van der Waals surface area contributed by atoms with Crippen LogP contribution in [-0.4, -0.2) is 66.0 Å². The van der Waals surface area contributed by atoms with Crippen molar-refractivity contribution in [3.63, 3.8) is 0 Å². The van der Waals surface area contributed by atoms with Crippen molar-refractivity contribution in [1.82, 2.24) is 15.3 Å². The van der Waals surface area contributed by atoms with Crippen molar-refractivity contribution in [2.75, 3.05) is 37.8 Å². The second-order valence-corrected chi connectivity index (χ2v) is 9.22. The first-order valence-electron chi connectivity index (χ1n) is 11.5. The minimum absolute atomic E-state index is 0.205. The molecule has 1 aromatic heterocycles. The molecule has 178 valence electrons. The number of piperidine rings is 1. The number of hydrogen-bond donors (Lipinski definition) is 2. The van der Waals surface area contributed by atoms with Crippen LogP contribution < -0.4 is 15.0 Å². The number of carbonyl (C=O) groups excluding carboxylic acids is 1. The van der Waals surface area contributed by atoms with Crippen LogP contribution in [0.25, 0.3) is 0 Å². The largest absolute Gasteiger partial charge is 0.494 e. The number of rotatable bonds is 8. The number of nitrogens with one attached hydrogen (secondary N) is 1. The number of halogens is 1. The Morgan fingerprint density at radius 3 is 2.70 bits per heavy atom. The van der Waals surface area contributed by atoms with E-state index in [9.17, 15) is 9.90 Å². The molecule has 2 aromatic rings. The summed E-state index contributed by atoms with van der Waals surface area (Å²) in [5, 5.41) is 13.2. The molecule has 1 amide bonds. The van der Waals surface area contributed by atoms with Crippen molar-refractivity contribution < 1.29 is 19.4 Å². The van der Waals surface area contributed by atoms with Gasteiger partial charge in [-0.1, -0.05) is 11.6 Å². The molecule has 0 aliphatic carbocycles. The number of aliphatic hydroxyl groups is 1. The van der Waals surface area contributed by atoms with Crippen LogP contribution in [0.5, 0.6) is 5.75 Å². The van der Waals surface area contributed by atoms with Gasteiger partial charge in [0.05, 0.1) is 49.4 Å². The van der Waals surface area contributed by atoms with E-state index in [0.29, 0.717) is 29.7 Å². The number of aryl methyl sites for hydroxylation is 1. The first kappa shape index (κ1) is 23.7. The Morgan fingerprint density at radius 1 is 1.27 bits per heavy atom. The quantitative estimate of drug-likeness (QED) is 0.567. The Kier molecular flexibility index (Phi) is 8.01. The average Bonchev–Trinajstić information content (AvgIpc) is 3.22. The van der Waals surface area contributed by atoms with Gasteiger partial charge in [-0.2, -0.15) is 0 Å². The van der Waals surface area contributed by atoms with Crippen LogP contribution in [0, 0.1) is 12.8 Å². The highest BCUT2D eigenvalue weighted by Gasteiger charge is 2.28. The molecule has 3 heterocycles. The van der Waals surface area contributed by atoms with E-state index in [1.54, 1.807) is 18.5 Å². The molecule has 0 unspecified atom stereocenters. The van der Waals surface area contributed by atoms with E-state index in [1.807, 2.05) is 19.1 Å². The molecule has 4 rings (SSSR count). The van der Waals surface area contributed by atoms with Crippen molar-refractivity contribution >= 4 is 23.5 Å². The zero-order valence-electron chi connectivity index (χ0n) is 18.9. The Hall–Kier alpha value is -2.42. The van der Waals surface area contributed by atoms with Gasteiger partial charge >= 0.3 is 0 Å². The van der Waals surface area contributed by atoms with Crippen LogP contribution in [0.2, 0.25) is 5.02 Å². The molecule has 33 heavy (non-hydrogen) atoms. The molecule has 0 spiro atoms. The zero-order valence-corrected chi connectivity index (χ0v) is 19.6. The molecule has 0 bridgehead atoms. The molecule has 2 atom stereocenters. The van der Waals surface area contributed by atoms with Crippen LogP contribution >= 0.6 is 11.6 Å². The van der Waals surface area contributed by atoms with Gasteiger partial charge < -0.3 is 24.8 Å². The number of ether oxygens (including phenoxy) is 2. The van der Waals surface area contributed by atoms with Gasteiger partial charge in [0.2, 0.25) is 5.95 Å². The molecule has 8 nitrogen and oxygen atoms in total. The molecule has 2 aliphatic heterocycles. The summed E-state index contributed by atoms with van der Waals surface area (Å²) in [5.74, 6) is 1.99. The highest BCUT2D eigenvalue weighted by molar-refractivity contribution is 6.30. The molecule has 9 heteroatoms. The van der Waals surface area contributed by atoms with Gasteiger partial charge in [0.1, 0.15) is 5.75 Å². The van der Waals surface area contributed by atoms with E-state index in [1.165, 1.54) is 0 Å². The second kappa shape index (κ2) is 11.1. The number of anilines is 1. The standard InChI is InChI=1S/C24H31ClN4O4/c1-16-11-19(4-5-20(16)23(31)28-21-14-32-15-22(21)30)33-10-2-3-17-6-8-29(9-7-17)24-26-12-18(25)13-27-24/h4-5,11-13,17,21-22,30H,2-3,6-10,14-15H2,1H3,(H,28,31)/t21-,22-/m0/s1. The number of aromatic nitrogens is 2. The van der Waals surface area contributed by atoms with Gasteiger partial charge in [0, 0.05) is 18.7 Å². The van der Waals surface area contributed by atoms with E-state index < -0.39 is 6.10 Å². The Bertz CT molecular complexity index is 935. The third kappa shape index (κ3) is 6.34. The summed E-state index contributed by atoms with van der Waals surface area (Å²) in [4.78, 5) is 23.3. The summed E-state index contributed by atoms with van der Waals surface area (Å²) >= 11 is 5.87. The van der Waals surface area contributed by atoms with Crippen molar-refractivity contribution in [2.24, 2.45) is 5.92 Å². The lowest BCUT2D eigenvalue weighted by Crippen LogP contribution is -2.42. The molecule has 2 fully saturated rings. The molecule has 2 aliphatic rings. The Morgan fingerprint density at radius 2 is 2.03 bits per heavy atom. The predicted octanol–water partition coefficient (Wildman–Crippen LogP) is 3.00. The van der Waals surface area contributed by atoms with Crippen molar-refractivity contribution in [3.8, 4) is 5.75 Å². The number of amides is 1. The predicted molar refractivity (Wildman–Crippen MR) is 126 cm³/mol. The van der Waals surface area contributed by atoms with Gasteiger partial charge in [-0.3, -0.25) is 4.79 Å². The molecule has 0 radical (unpaired) electrons. The van der Waals surface area contributed by atoms with Gasteiger partial charge in [-0.25, -0.2) is 9.97 Å². The van der Waals surface area contributed by atoms with Gasteiger partial charge in [0.25, 0.3) is 5.91 Å². The highest BCUT2D eigenvalue weighted by atomic mass is 35.5. The topological polar surface area (TPSA) is 96.8 Å². The molecule has 1 aromatic carbocycles. The Balaban J connectivity index is 1.17. The fourth-order valence-electron chi connectivity index (χ4n) is 4.36. The normalized spacial score (nSPS) is 21.2. The SMILES string of the molecule is Cc1cc(OCCCC2CCN(c3ncc(Cl)cn3)CC2)ccc1C(=O)N[C@H]1COC[C@@H]1O. The first-order chi connectivity index (χ1) is 16.0. The summed E-state index contributed by atoms with van der Waals surface area (Å²) in [6, 6.07) is 5.13. The van der Waals surface area contributed by atoms with Crippen molar-refractivity contribution in [3.05, 3.63) is 46.7 Å². The fraction of sp³-hybridized carbons (Fsp3) is 0.542. The number of nitrogens with zero attached hydrogens (tertiary/aromatic N) is 3. The summed E-state index contributed by atoms with van der Waals surface area (Å²) < 4.78 is 11.1. The maximum absolute atomic E-state index is 12.5. The molecule has 2 N–H and O–H groups in total. The van der Waals surface area contributed by atoms with Crippen LogP contribution in [0.15, 0.2) is 30.6 Å². The number of benzene rings is 1. The van der Waals surface area contributed by atoms with E-state index in [-0.39, 0.29) is 18.6 Å². The van der Waals surface area contributed by atoms with Gasteiger partial charge in [0.15, 0.2) is 0 Å². The number of aliphatic hydroxyl groups excluding tert-OH is 1. The van der Waals surface area contributed by atoms with Crippen LogP contribution in [0.3, 0.4) is 0 Å². The minimum atomic E-state index is -0.658. The average molecular weight is 475 g/mol. The number of carbonyl (C=O) groups is 1. The van der Waals surface area contributed by atoms with E-state index in [0.717, 1.165) is 56.0 Å². The lowest BCUT2D eigenvalue weighted by Gasteiger charge is -2.31. The molecule has 2 saturated heterocycles. The molecule has 0 saturated carbocycles. The Labute approximate surface area is 199 Å². The van der Waals surface area contributed by atoms with Crippen LogP contribution in [0.4, 0.5) is 5.95 Å². The van der Waals surface area contributed by atoms with Gasteiger partial charge in [-0.05, 0) is 62.3 Å². The third-order valence-electron chi connectivity index (χ3n) is 6.34. The van der Waals surface area contributed by atoms with Crippen LogP contribution in [-0.2, 0) is 4.74 Å². The summed E-state index contributed by atoms with van der Waals surface area (Å²) in [5.41, 5.74) is 1.42. The highest BCUT2D eigenvalue weighted by Crippen LogP contribution is 2.25. The van der Waals surface area contributed by atoms with E-state index >= 15 is 0 Å². The second-order valence-electron chi connectivity index (χ2n) is 8.78. The van der Waals surface area contributed by atoms with Crippen molar-refractivity contribution in [2.45, 2.75) is 44.8 Å². The lowest BCUT2D eigenvalue weighted by atomic mass is 9.92. The lowest BCUT2D eigenvalue weighted by molar-refractivity contribution is 0.0885. The monoisotopic (exact) mass is 474 g/mol. The summed E-state index contributed by atoms with van der Waals surface area (Å²) in [7, 11) is 0. The maximum atomic E-state index is 12.5. The molecular formula is C24H31ClN4O4. The van der Waals surface area contributed by atoms with E-state index in [2.05, 4.69) is 20.2 Å². The fourth-order valence-corrected chi connectivity index (χ4v) is 4.46. The number of hydrogen-bond acceptors (Lipinski definition) is 7. The van der Waals surface area contributed by atoms with Gasteiger partial charge in [-0.15, -0.1) is 0 Å². The molecular weight excluding hydrogens is 444 g/mol. The first-order valence-corrected chi connectivity index (χ1v) is 11.9. The smallest absolute Gasteiger partial charge is 0.251 e. The van der Waals surface area contributed by atoms with E-state index in [4.69, 9.17) is 21.1 Å². The zero-order chi connectivity index (χ0) is 23.2. The minimum Gasteiger partial charge on any atom is -0.494 e. The van der Waals surface area contributed by atoms with Crippen molar-refractivity contribution in [1.29, 1.82) is 0 Å². The summed E-state index contributed by atoms with van der Waals surface area (Å²) in [6.07, 6.45) is 6.98. The maximum Gasteiger partial charge on any atom is 0.251 e. The van der Waals surface area contributed by atoms with Crippen LogP contribution in [0.1, 0.15) is 41.6 Å². The third-order valence-corrected chi connectivity index (χ3v) is 6.53. The summed E-state index contributed by atoms with van der Waals surface area (Å²) in [6.45, 7) is 5.05.